The number of carbonyl (C=O) groups is 4. The summed E-state index contributed by atoms with van der Waals surface area (Å²) in [6.07, 6.45) is 43.6. The van der Waals surface area contributed by atoms with Crippen LogP contribution in [0.5, 0.6) is 0 Å². The van der Waals surface area contributed by atoms with Crippen LogP contribution in [0.4, 0.5) is 0 Å². The Hall–Kier alpha value is -1.94. The Morgan fingerprint density at radius 3 is 0.807 bits per heavy atom. The van der Waals surface area contributed by atoms with Crippen molar-refractivity contribution in [2.45, 2.75) is 334 Å². The lowest BCUT2D eigenvalue weighted by atomic mass is 10.0. The number of aliphatic hydroxyl groups is 1. The second-order valence-corrected chi connectivity index (χ2v) is 25.8. The molecular formula is C64H122O17P2-2. The van der Waals surface area contributed by atoms with Crippen LogP contribution in [0.15, 0.2) is 0 Å². The van der Waals surface area contributed by atoms with E-state index >= 15 is 0 Å². The maximum absolute atomic E-state index is 12.9. The number of esters is 4. The van der Waals surface area contributed by atoms with Gasteiger partial charge in [0.1, 0.15) is 19.3 Å². The zero-order valence-corrected chi connectivity index (χ0v) is 54.4. The summed E-state index contributed by atoms with van der Waals surface area (Å²) in [6, 6.07) is 0. The van der Waals surface area contributed by atoms with Crippen LogP contribution in [0.2, 0.25) is 0 Å². The van der Waals surface area contributed by atoms with E-state index < -0.39 is 97.5 Å². The molecule has 0 aromatic rings. The van der Waals surface area contributed by atoms with E-state index in [1.807, 2.05) is 0 Å². The first-order valence-electron chi connectivity index (χ1n) is 33.4. The van der Waals surface area contributed by atoms with Gasteiger partial charge in [-0.15, -0.1) is 0 Å². The van der Waals surface area contributed by atoms with Crippen LogP contribution in [-0.4, -0.2) is 96.7 Å². The van der Waals surface area contributed by atoms with Gasteiger partial charge in [0.15, 0.2) is 12.2 Å². The van der Waals surface area contributed by atoms with Gasteiger partial charge in [0.25, 0.3) is 0 Å². The van der Waals surface area contributed by atoms with Crippen LogP contribution in [0, 0.1) is 13.8 Å². The molecule has 0 saturated heterocycles. The molecule has 0 saturated carbocycles. The fraction of sp³-hybridized carbons (Fsp3) is 0.906. The van der Waals surface area contributed by atoms with E-state index in [1.54, 1.807) is 0 Å². The molecule has 0 spiro atoms. The van der Waals surface area contributed by atoms with Crippen molar-refractivity contribution in [3.8, 4) is 0 Å². The van der Waals surface area contributed by atoms with E-state index in [0.29, 0.717) is 25.7 Å². The molecular weight excluding hydrogens is 1100 g/mol. The Balaban J connectivity index is 5.11. The minimum Gasteiger partial charge on any atom is -0.462 e. The number of phosphoric acid groups is 2. The molecule has 0 heterocycles. The lowest BCUT2D eigenvalue weighted by molar-refractivity contribution is -0.161. The summed E-state index contributed by atoms with van der Waals surface area (Å²) in [5, 5.41) is 10.5. The quantitative estimate of drug-likeness (QED) is 0.0169. The lowest BCUT2D eigenvalue weighted by Crippen LogP contribution is -2.30. The SMILES string of the molecule is [CH2-]CCCCCCCCCCCCCCC(=O)O[C@H](COC(=O)CCCCCCCCCCCC[CH2-])COP(=O)(O)OC[C@H](O)COP(=O)(O)OC[C@@H](COC(=O)CCCCCC)OC(=O)CCCCCCCCCCCCCCCCC. The lowest BCUT2D eigenvalue weighted by Gasteiger charge is -2.21. The fourth-order valence-corrected chi connectivity index (χ4v) is 11.1. The van der Waals surface area contributed by atoms with E-state index in [1.165, 1.54) is 141 Å². The molecule has 0 rings (SSSR count). The highest BCUT2D eigenvalue weighted by Gasteiger charge is 2.30. The van der Waals surface area contributed by atoms with Crippen LogP contribution < -0.4 is 0 Å². The molecule has 17 nitrogen and oxygen atoms in total. The van der Waals surface area contributed by atoms with Crippen molar-refractivity contribution < 1.29 is 80.2 Å². The molecule has 0 radical (unpaired) electrons. The number of ether oxygens (including phenoxy) is 4. The highest BCUT2D eigenvalue weighted by Crippen LogP contribution is 2.45. The largest absolute Gasteiger partial charge is 0.472 e. The molecule has 83 heavy (non-hydrogen) atoms. The van der Waals surface area contributed by atoms with Gasteiger partial charge >= 0.3 is 39.5 Å². The van der Waals surface area contributed by atoms with Crippen molar-refractivity contribution in [3.63, 3.8) is 0 Å². The Morgan fingerprint density at radius 2 is 0.542 bits per heavy atom. The van der Waals surface area contributed by atoms with Gasteiger partial charge in [-0.3, -0.25) is 37.3 Å². The van der Waals surface area contributed by atoms with Crippen molar-refractivity contribution in [2.75, 3.05) is 39.6 Å². The van der Waals surface area contributed by atoms with Gasteiger partial charge in [-0.05, 0) is 25.7 Å². The molecule has 492 valence electrons. The maximum Gasteiger partial charge on any atom is 0.472 e. The molecule has 0 aliphatic heterocycles. The Morgan fingerprint density at radius 1 is 0.325 bits per heavy atom. The minimum absolute atomic E-state index is 0.101. The Kier molecular flexibility index (Phi) is 57.7. The summed E-state index contributed by atoms with van der Waals surface area (Å²) in [6.45, 7) is 8.10. The second-order valence-electron chi connectivity index (χ2n) is 22.9. The molecule has 5 atom stereocenters. The molecule has 0 amide bonds. The van der Waals surface area contributed by atoms with E-state index in [-0.39, 0.29) is 25.7 Å². The van der Waals surface area contributed by atoms with E-state index in [2.05, 4.69) is 27.7 Å². The van der Waals surface area contributed by atoms with E-state index in [0.717, 1.165) is 109 Å². The zero-order valence-electron chi connectivity index (χ0n) is 52.6. The number of rotatable bonds is 65. The number of carbonyl (C=O) groups excluding carboxylic acids is 4. The van der Waals surface area contributed by atoms with Crippen LogP contribution in [0.25, 0.3) is 0 Å². The Bertz CT molecular complexity index is 1600. The van der Waals surface area contributed by atoms with Crippen molar-refractivity contribution in [1.29, 1.82) is 0 Å². The summed E-state index contributed by atoms with van der Waals surface area (Å²) < 4.78 is 67.7. The van der Waals surface area contributed by atoms with Crippen LogP contribution in [-0.2, 0) is 65.4 Å². The van der Waals surface area contributed by atoms with Gasteiger partial charge in [0, 0.05) is 25.7 Å². The van der Waals surface area contributed by atoms with Gasteiger partial charge in [0.2, 0.25) is 0 Å². The summed E-state index contributed by atoms with van der Waals surface area (Å²) >= 11 is 0. The average Bonchev–Trinajstić information content (AvgIpc) is 3.48. The maximum atomic E-state index is 12.9. The molecule has 0 aromatic carbocycles. The minimum atomic E-state index is -4.94. The van der Waals surface area contributed by atoms with E-state index in [9.17, 15) is 43.2 Å². The second kappa shape index (κ2) is 59.0. The number of phosphoric ester groups is 2. The zero-order chi connectivity index (χ0) is 61.2. The summed E-state index contributed by atoms with van der Waals surface area (Å²) in [5.74, 6) is -2.16. The van der Waals surface area contributed by atoms with Gasteiger partial charge < -0.3 is 47.7 Å². The molecule has 0 fully saturated rings. The van der Waals surface area contributed by atoms with Crippen LogP contribution in [0.3, 0.4) is 0 Å². The number of hydrogen-bond acceptors (Lipinski definition) is 15. The number of unbranched alkanes of at least 4 members (excludes halogenated alkanes) is 39. The van der Waals surface area contributed by atoms with Gasteiger partial charge in [0.05, 0.1) is 26.4 Å². The topological polar surface area (TPSA) is 237 Å². The van der Waals surface area contributed by atoms with Crippen LogP contribution >= 0.6 is 15.6 Å². The standard InChI is InChI=1S/C64H122O17P2/c1-5-9-13-17-20-23-26-28-29-31-34-37-40-43-47-50-63(68)80-59(54-74-61(66)48-44-16-12-8-4)56-78-82(70,71)76-52-58(65)53-77-83(72,73)79-57-60(55-75-62(67)49-45-41-38-35-32-25-22-19-15-11-7-3)81-64(69)51-46-42-39-36-33-30-27-24-21-18-14-10-6-2/h58-60,65H,2-3,5-57H2,1,4H3,(H,70,71)(H,72,73)/q-2/t58-,59-,60-/m1/s1. The predicted octanol–water partition coefficient (Wildman–Crippen LogP) is 17.6. The normalized spacial score (nSPS) is 14.2. The van der Waals surface area contributed by atoms with Crippen molar-refractivity contribution >= 4 is 39.5 Å². The summed E-state index contributed by atoms with van der Waals surface area (Å²) in [7, 11) is -9.88. The highest BCUT2D eigenvalue weighted by atomic mass is 31.2. The Labute approximate surface area is 505 Å². The van der Waals surface area contributed by atoms with Crippen LogP contribution in [0.1, 0.15) is 316 Å². The molecule has 19 heteroatoms. The summed E-state index contributed by atoms with van der Waals surface area (Å²) in [4.78, 5) is 71.9. The number of hydrogen-bond donors (Lipinski definition) is 3. The third-order valence-corrected chi connectivity index (χ3v) is 16.5. The molecule has 0 aliphatic carbocycles. The molecule has 0 aromatic heterocycles. The van der Waals surface area contributed by atoms with Crippen molar-refractivity contribution in [1.82, 2.24) is 0 Å². The third kappa shape index (κ3) is 58.8. The molecule has 3 N–H and O–H groups in total. The first-order chi connectivity index (χ1) is 40.2. The van der Waals surface area contributed by atoms with Gasteiger partial charge in [-0.25, -0.2) is 9.13 Å². The highest BCUT2D eigenvalue weighted by molar-refractivity contribution is 7.47. The van der Waals surface area contributed by atoms with E-state index in [4.69, 9.17) is 37.0 Å². The van der Waals surface area contributed by atoms with Crippen molar-refractivity contribution in [2.24, 2.45) is 0 Å². The smallest absolute Gasteiger partial charge is 0.462 e. The first-order valence-corrected chi connectivity index (χ1v) is 36.4. The first kappa shape index (κ1) is 81.1. The fourth-order valence-electron chi connectivity index (χ4n) is 9.49. The molecule has 2 unspecified atom stereocenters. The number of aliphatic hydroxyl groups excluding tert-OH is 1. The predicted molar refractivity (Wildman–Crippen MR) is 330 cm³/mol. The monoisotopic (exact) mass is 1220 g/mol. The summed E-state index contributed by atoms with van der Waals surface area (Å²) in [5.41, 5.74) is 0. The third-order valence-electron chi connectivity index (χ3n) is 14.6. The molecule has 0 bridgehead atoms. The average molecular weight is 1230 g/mol. The van der Waals surface area contributed by atoms with Crippen molar-refractivity contribution in [3.05, 3.63) is 13.8 Å². The molecule has 0 aliphatic rings. The van der Waals surface area contributed by atoms with Gasteiger partial charge in [-0.1, -0.05) is 251 Å². The van der Waals surface area contributed by atoms with Gasteiger partial charge in [-0.2, -0.15) is 12.8 Å².